The fourth-order valence-electron chi connectivity index (χ4n) is 2.69. The van der Waals surface area contributed by atoms with Crippen molar-refractivity contribution in [1.82, 2.24) is 10.2 Å². The van der Waals surface area contributed by atoms with Crippen molar-refractivity contribution >= 4 is 5.91 Å². The number of amides is 1. The van der Waals surface area contributed by atoms with Crippen LogP contribution < -0.4 is 10.1 Å². The number of rotatable bonds is 5. The van der Waals surface area contributed by atoms with Gasteiger partial charge in [0.15, 0.2) is 0 Å². The zero-order valence-electron chi connectivity index (χ0n) is 12.7. The van der Waals surface area contributed by atoms with Crippen molar-refractivity contribution in [1.29, 1.82) is 0 Å². The molecule has 0 saturated carbocycles. The number of nitrogens with zero attached hydrogens (tertiary/aromatic N) is 1. The Balaban J connectivity index is 1.98. The molecule has 1 heterocycles. The van der Waals surface area contributed by atoms with Crippen molar-refractivity contribution in [3.63, 3.8) is 0 Å². The molecule has 1 aromatic carbocycles. The standard InChI is InChI=1S/C16H23FN2O2/c1-19(11-9-12-6-3-4-10-18-12)16(20)15-13(17)7-5-8-14(15)21-2/h5,7-8,12,18H,3-4,6,9-11H2,1-2H3. The number of carbonyl (C=O) groups is 1. The monoisotopic (exact) mass is 294 g/mol. The van der Waals surface area contributed by atoms with Gasteiger partial charge in [-0.2, -0.15) is 0 Å². The van der Waals surface area contributed by atoms with Gasteiger partial charge in [-0.05, 0) is 37.9 Å². The fraction of sp³-hybridized carbons (Fsp3) is 0.562. The quantitative estimate of drug-likeness (QED) is 0.907. The van der Waals surface area contributed by atoms with E-state index in [4.69, 9.17) is 4.74 Å². The summed E-state index contributed by atoms with van der Waals surface area (Å²) in [5.41, 5.74) is 0.0131. The lowest BCUT2D eigenvalue weighted by molar-refractivity contribution is 0.0780. The van der Waals surface area contributed by atoms with Crippen molar-refractivity contribution in [2.45, 2.75) is 31.7 Å². The third-order valence-corrected chi connectivity index (χ3v) is 3.98. The van der Waals surface area contributed by atoms with Crippen LogP contribution in [-0.2, 0) is 0 Å². The minimum atomic E-state index is -0.540. The van der Waals surface area contributed by atoms with E-state index in [9.17, 15) is 9.18 Å². The van der Waals surface area contributed by atoms with Crippen LogP contribution in [0.25, 0.3) is 0 Å². The Labute approximate surface area is 125 Å². The van der Waals surface area contributed by atoms with Crippen LogP contribution in [0.1, 0.15) is 36.0 Å². The van der Waals surface area contributed by atoms with Crippen LogP contribution in [0.15, 0.2) is 18.2 Å². The van der Waals surface area contributed by atoms with Crippen LogP contribution in [-0.4, -0.2) is 44.1 Å². The third-order valence-electron chi connectivity index (χ3n) is 3.98. The first-order valence-electron chi connectivity index (χ1n) is 7.45. The van der Waals surface area contributed by atoms with Crippen molar-refractivity contribution in [3.8, 4) is 5.75 Å². The summed E-state index contributed by atoms with van der Waals surface area (Å²) in [7, 11) is 3.15. The Bertz CT molecular complexity index is 487. The number of hydrogen-bond donors (Lipinski definition) is 1. The second-order valence-corrected chi connectivity index (χ2v) is 5.48. The van der Waals surface area contributed by atoms with E-state index in [0.717, 1.165) is 19.4 Å². The molecule has 1 amide bonds. The number of ether oxygens (including phenoxy) is 1. The van der Waals surface area contributed by atoms with Crippen LogP contribution in [0.5, 0.6) is 5.75 Å². The Morgan fingerprint density at radius 3 is 2.95 bits per heavy atom. The maximum Gasteiger partial charge on any atom is 0.260 e. The molecule has 0 aliphatic carbocycles. The highest BCUT2D eigenvalue weighted by Crippen LogP contribution is 2.22. The summed E-state index contributed by atoms with van der Waals surface area (Å²) in [5.74, 6) is -0.592. The number of nitrogens with one attached hydrogen (secondary N) is 1. The number of hydrogen-bond acceptors (Lipinski definition) is 3. The Morgan fingerprint density at radius 1 is 1.48 bits per heavy atom. The molecule has 0 radical (unpaired) electrons. The van der Waals surface area contributed by atoms with Crippen LogP contribution in [0.3, 0.4) is 0 Å². The average molecular weight is 294 g/mol. The SMILES string of the molecule is COc1cccc(F)c1C(=O)N(C)CCC1CCCCN1. The van der Waals surface area contributed by atoms with E-state index in [2.05, 4.69) is 5.32 Å². The molecule has 21 heavy (non-hydrogen) atoms. The minimum Gasteiger partial charge on any atom is -0.496 e. The lowest BCUT2D eigenvalue weighted by atomic mass is 10.0. The largest absolute Gasteiger partial charge is 0.496 e. The number of carbonyl (C=O) groups excluding carboxylic acids is 1. The van der Waals surface area contributed by atoms with Crippen LogP contribution in [0.4, 0.5) is 4.39 Å². The second kappa shape index (κ2) is 7.41. The van der Waals surface area contributed by atoms with Gasteiger partial charge >= 0.3 is 0 Å². The van der Waals surface area contributed by atoms with Gasteiger partial charge in [0.1, 0.15) is 17.1 Å². The van der Waals surface area contributed by atoms with Gasteiger partial charge < -0.3 is 15.0 Å². The van der Waals surface area contributed by atoms with Gasteiger partial charge in [0.2, 0.25) is 0 Å². The average Bonchev–Trinajstić information content (AvgIpc) is 2.52. The normalized spacial score (nSPS) is 18.3. The van der Waals surface area contributed by atoms with Crippen LogP contribution >= 0.6 is 0 Å². The Hall–Kier alpha value is -1.62. The number of benzene rings is 1. The fourth-order valence-corrected chi connectivity index (χ4v) is 2.69. The summed E-state index contributed by atoms with van der Waals surface area (Å²) in [5, 5.41) is 3.45. The van der Waals surface area contributed by atoms with E-state index in [1.54, 1.807) is 18.0 Å². The lowest BCUT2D eigenvalue weighted by Crippen LogP contribution is -2.38. The first-order valence-corrected chi connectivity index (χ1v) is 7.45. The van der Waals surface area contributed by atoms with Gasteiger partial charge in [0, 0.05) is 19.6 Å². The molecule has 1 aliphatic heterocycles. The Kier molecular flexibility index (Phi) is 5.56. The molecule has 0 aromatic heterocycles. The van der Waals surface area contributed by atoms with Gasteiger partial charge in [0.25, 0.3) is 5.91 Å². The summed E-state index contributed by atoms with van der Waals surface area (Å²) in [6, 6.07) is 4.88. The zero-order chi connectivity index (χ0) is 15.2. The predicted octanol–water partition coefficient (Wildman–Crippen LogP) is 2.44. The Morgan fingerprint density at radius 2 is 2.29 bits per heavy atom. The second-order valence-electron chi connectivity index (χ2n) is 5.48. The number of piperidine rings is 1. The molecule has 0 spiro atoms. The highest BCUT2D eigenvalue weighted by atomic mass is 19.1. The highest BCUT2D eigenvalue weighted by molar-refractivity contribution is 5.97. The first kappa shape index (κ1) is 15.8. The molecule has 1 atom stereocenters. The smallest absolute Gasteiger partial charge is 0.260 e. The summed E-state index contributed by atoms with van der Waals surface area (Å²) in [6.45, 7) is 1.65. The lowest BCUT2D eigenvalue weighted by Gasteiger charge is -2.26. The molecule has 4 nitrogen and oxygen atoms in total. The molecule has 1 unspecified atom stereocenters. The molecule has 1 aliphatic rings. The molecule has 1 saturated heterocycles. The summed E-state index contributed by atoms with van der Waals surface area (Å²) < 4.78 is 19.0. The van der Waals surface area contributed by atoms with Gasteiger partial charge in [-0.3, -0.25) is 4.79 Å². The van der Waals surface area contributed by atoms with E-state index in [0.29, 0.717) is 12.6 Å². The molecule has 1 aromatic rings. The molecule has 1 fully saturated rings. The van der Waals surface area contributed by atoms with Crippen LogP contribution in [0, 0.1) is 5.82 Å². The molecule has 0 bridgehead atoms. The summed E-state index contributed by atoms with van der Waals surface area (Å²) in [6.07, 6.45) is 4.48. The molecular formula is C16H23FN2O2. The van der Waals surface area contributed by atoms with Gasteiger partial charge in [-0.15, -0.1) is 0 Å². The summed E-state index contributed by atoms with van der Waals surface area (Å²) >= 11 is 0. The van der Waals surface area contributed by atoms with Gasteiger partial charge in [-0.25, -0.2) is 4.39 Å². The van der Waals surface area contributed by atoms with Gasteiger partial charge in [-0.1, -0.05) is 12.5 Å². The molecular weight excluding hydrogens is 271 g/mol. The van der Waals surface area contributed by atoms with Crippen molar-refractivity contribution in [3.05, 3.63) is 29.6 Å². The van der Waals surface area contributed by atoms with E-state index < -0.39 is 5.82 Å². The zero-order valence-corrected chi connectivity index (χ0v) is 12.7. The molecule has 5 heteroatoms. The maximum absolute atomic E-state index is 13.9. The van der Waals surface area contributed by atoms with E-state index in [1.807, 2.05) is 0 Å². The summed E-state index contributed by atoms with van der Waals surface area (Å²) in [4.78, 5) is 14.0. The first-order chi connectivity index (χ1) is 10.1. The van der Waals surface area contributed by atoms with Crippen molar-refractivity contribution in [2.24, 2.45) is 0 Å². The van der Waals surface area contributed by atoms with E-state index in [-0.39, 0.29) is 17.2 Å². The highest BCUT2D eigenvalue weighted by Gasteiger charge is 2.22. The molecule has 1 N–H and O–H groups in total. The van der Waals surface area contributed by atoms with Gasteiger partial charge in [0.05, 0.1) is 7.11 Å². The molecule has 2 rings (SSSR count). The van der Waals surface area contributed by atoms with Crippen molar-refractivity contribution in [2.75, 3.05) is 27.2 Å². The van der Waals surface area contributed by atoms with E-state index in [1.165, 1.54) is 32.1 Å². The minimum absolute atomic E-state index is 0.0131. The number of halogens is 1. The third kappa shape index (κ3) is 3.94. The number of methoxy groups -OCH3 is 1. The predicted molar refractivity (Wildman–Crippen MR) is 80.2 cm³/mol. The topological polar surface area (TPSA) is 41.6 Å². The molecule has 116 valence electrons. The maximum atomic E-state index is 13.9. The van der Waals surface area contributed by atoms with E-state index >= 15 is 0 Å². The van der Waals surface area contributed by atoms with Crippen molar-refractivity contribution < 1.29 is 13.9 Å². The van der Waals surface area contributed by atoms with Crippen LogP contribution in [0.2, 0.25) is 0 Å².